The quantitative estimate of drug-likeness (QED) is 0.833. The number of carbonyl (C=O) groups is 1. The summed E-state index contributed by atoms with van der Waals surface area (Å²) in [6.45, 7) is 3.88. The zero-order chi connectivity index (χ0) is 13.8. The molecule has 96 valence electrons. The molecule has 0 amide bonds. The van der Waals surface area contributed by atoms with Gasteiger partial charge in [-0.05, 0) is 41.7 Å². The fourth-order valence-corrected chi connectivity index (χ4v) is 2.08. The molecule has 0 saturated carbocycles. The summed E-state index contributed by atoms with van der Waals surface area (Å²) in [6, 6.07) is 16.2. The van der Waals surface area contributed by atoms with E-state index in [1.165, 1.54) is 17.2 Å². The van der Waals surface area contributed by atoms with Gasteiger partial charge in [0.25, 0.3) is 0 Å². The van der Waals surface area contributed by atoms with Crippen molar-refractivity contribution >= 4 is 11.5 Å². The van der Waals surface area contributed by atoms with Crippen LogP contribution in [0.2, 0.25) is 0 Å². The largest absolute Gasteiger partial charge is 0.478 e. The Bertz CT molecular complexity index is 622. The van der Waals surface area contributed by atoms with Crippen molar-refractivity contribution in [2.24, 2.45) is 0 Å². The number of hydrogen-bond acceptors (Lipinski definition) is 1. The maximum absolute atomic E-state index is 10.6. The van der Waals surface area contributed by atoms with Crippen molar-refractivity contribution in [3.05, 3.63) is 65.7 Å². The number of carboxylic acids is 1. The van der Waals surface area contributed by atoms with Crippen LogP contribution in [0.4, 0.5) is 0 Å². The topological polar surface area (TPSA) is 37.3 Å². The first-order chi connectivity index (χ1) is 9.08. The Kier molecular flexibility index (Phi) is 3.81. The lowest BCUT2D eigenvalue weighted by Gasteiger charge is -2.07. The van der Waals surface area contributed by atoms with E-state index < -0.39 is 5.97 Å². The highest BCUT2D eigenvalue weighted by atomic mass is 16.4. The number of hydrogen-bond donors (Lipinski definition) is 1. The van der Waals surface area contributed by atoms with Crippen molar-refractivity contribution in [2.75, 3.05) is 0 Å². The summed E-state index contributed by atoms with van der Waals surface area (Å²) in [6.07, 6.45) is 1.22. The molecular weight excluding hydrogens is 236 g/mol. The van der Waals surface area contributed by atoms with Gasteiger partial charge in [-0.15, -0.1) is 0 Å². The van der Waals surface area contributed by atoms with Crippen LogP contribution in [0.25, 0.3) is 16.7 Å². The number of rotatable bonds is 3. The number of benzene rings is 2. The van der Waals surface area contributed by atoms with Gasteiger partial charge in [-0.3, -0.25) is 0 Å². The van der Waals surface area contributed by atoms with Crippen LogP contribution in [0.3, 0.4) is 0 Å². The smallest absolute Gasteiger partial charge is 0.328 e. The summed E-state index contributed by atoms with van der Waals surface area (Å²) < 4.78 is 0. The molecule has 2 heteroatoms. The van der Waals surface area contributed by atoms with E-state index in [0.29, 0.717) is 0 Å². The molecule has 0 aromatic heterocycles. The minimum atomic E-state index is -0.916. The third kappa shape index (κ3) is 3.10. The molecule has 0 bridgehead atoms. The molecule has 1 N–H and O–H groups in total. The first-order valence-electron chi connectivity index (χ1n) is 6.15. The second-order valence-corrected chi connectivity index (χ2v) is 4.56. The van der Waals surface area contributed by atoms with Crippen molar-refractivity contribution in [1.29, 1.82) is 0 Å². The SMILES string of the molecule is C/C(=C\C(=O)O)c1ccc(-c2ccccc2C)cc1. The standard InChI is InChI=1S/C17H16O2/c1-12-5-3-4-6-16(12)15-9-7-14(8-10-15)13(2)11-17(18)19/h3-11H,1-2H3,(H,18,19)/b13-11+. The van der Waals surface area contributed by atoms with Crippen molar-refractivity contribution < 1.29 is 9.90 Å². The van der Waals surface area contributed by atoms with E-state index >= 15 is 0 Å². The molecule has 2 aromatic carbocycles. The van der Waals surface area contributed by atoms with Gasteiger partial charge in [0.15, 0.2) is 0 Å². The van der Waals surface area contributed by atoms with E-state index in [1.807, 2.05) is 36.4 Å². The number of aryl methyl sites for hydroxylation is 1. The van der Waals surface area contributed by atoms with Crippen LogP contribution in [0, 0.1) is 6.92 Å². The molecule has 0 fully saturated rings. The molecule has 0 unspecified atom stereocenters. The lowest BCUT2D eigenvalue weighted by molar-refractivity contribution is -0.131. The third-order valence-electron chi connectivity index (χ3n) is 3.14. The Balaban J connectivity index is 2.34. The van der Waals surface area contributed by atoms with Crippen molar-refractivity contribution in [3.63, 3.8) is 0 Å². The van der Waals surface area contributed by atoms with E-state index in [-0.39, 0.29) is 0 Å². The zero-order valence-electron chi connectivity index (χ0n) is 11.1. The van der Waals surface area contributed by atoms with E-state index in [9.17, 15) is 4.79 Å². The van der Waals surface area contributed by atoms with Gasteiger partial charge in [0, 0.05) is 6.08 Å². The molecule has 0 aliphatic rings. The van der Waals surface area contributed by atoms with Gasteiger partial charge in [-0.2, -0.15) is 0 Å². The second kappa shape index (κ2) is 5.53. The van der Waals surface area contributed by atoms with Gasteiger partial charge in [-0.25, -0.2) is 4.79 Å². The molecule has 0 spiro atoms. The highest BCUT2D eigenvalue weighted by molar-refractivity contribution is 5.89. The predicted octanol–water partition coefficient (Wildman–Crippen LogP) is 4.15. The Labute approximate surface area is 113 Å². The highest BCUT2D eigenvalue weighted by Crippen LogP contribution is 2.25. The minimum Gasteiger partial charge on any atom is -0.478 e. The van der Waals surface area contributed by atoms with Crippen molar-refractivity contribution in [2.45, 2.75) is 13.8 Å². The third-order valence-corrected chi connectivity index (χ3v) is 3.14. The maximum atomic E-state index is 10.6. The van der Waals surface area contributed by atoms with Gasteiger partial charge >= 0.3 is 5.97 Å². The van der Waals surface area contributed by atoms with Gasteiger partial charge in [0.2, 0.25) is 0 Å². The van der Waals surface area contributed by atoms with Crippen LogP contribution in [0.15, 0.2) is 54.6 Å². The Morgan fingerprint density at radius 1 is 1.05 bits per heavy atom. The van der Waals surface area contributed by atoms with Crippen LogP contribution < -0.4 is 0 Å². The summed E-state index contributed by atoms with van der Waals surface area (Å²) in [5.41, 5.74) is 5.26. The molecule has 0 saturated heterocycles. The van der Waals surface area contributed by atoms with Crippen molar-refractivity contribution in [3.8, 4) is 11.1 Å². The summed E-state index contributed by atoms with van der Waals surface area (Å²) in [5.74, 6) is -0.916. The van der Waals surface area contributed by atoms with Crippen molar-refractivity contribution in [1.82, 2.24) is 0 Å². The number of carboxylic acid groups (broad SMARTS) is 1. The van der Waals surface area contributed by atoms with Crippen LogP contribution in [-0.2, 0) is 4.79 Å². The van der Waals surface area contributed by atoms with Gasteiger partial charge in [-0.1, -0.05) is 48.5 Å². The van der Waals surface area contributed by atoms with E-state index in [0.717, 1.165) is 16.7 Å². The fourth-order valence-electron chi connectivity index (χ4n) is 2.08. The van der Waals surface area contributed by atoms with E-state index in [2.05, 4.69) is 19.1 Å². The van der Waals surface area contributed by atoms with E-state index in [1.54, 1.807) is 6.92 Å². The number of allylic oxidation sites excluding steroid dienone is 1. The molecule has 0 aliphatic heterocycles. The second-order valence-electron chi connectivity index (χ2n) is 4.56. The summed E-state index contributed by atoms with van der Waals surface area (Å²) >= 11 is 0. The Hall–Kier alpha value is -2.35. The van der Waals surface area contributed by atoms with Gasteiger partial charge in [0.1, 0.15) is 0 Å². The summed E-state index contributed by atoms with van der Waals surface area (Å²) in [4.78, 5) is 10.6. The molecule has 0 atom stereocenters. The average molecular weight is 252 g/mol. The Morgan fingerprint density at radius 2 is 1.68 bits per heavy atom. The Morgan fingerprint density at radius 3 is 2.26 bits per heavy atom. The average Bonchev–Trinajstić information content (AvgIpc) is 2.39. The van der Waals surface area contributed by atoms with Crippen LogP contribution >= 0.6 is 0 Å². The lowest BCUT2D eigenvalue weighted by Crippen LogP contribution is -1.90. The minimum absolute atomic E-state index is 0.754. The normalized spacial score (nSPS) is 11.4. The molecule has 0 aliphatic carbocycles. The van der Waals surface area contributed by atoms with Crippen LogP contribution in [0.1, 0.15) is 18.1 Å². The fraction of sp³-hybridized carbons (Fsp3) is 0.118. The van der Waals surface area contributed by atoms with Crippen LogP contribution in [0.5, 0.6) is 0 Å². The molecular formula is C17H16O2. The molecule has 2 nitrogen and oxygen atoms in total. The lowest BCUT2D eigenvalue weighted by atomic mass is 9.98. The first kappa shape index (κ1) is 13.1. The molecule has 0 heterocycles. The summed E-state index contributed by atoms with van der Waals surface area (Å²) in [7, 11) is 0. The number of aliphatic carboxylic acids is 1. The summed E-state index contributed by atoms with van der Waals surface area (Å²) in [5, 5.41) is 8.74. The van der Waals surface area contributed by atoms with E-state index in [4.69, 9.17) is 5.11 Å². The molecule has 19 heavy (non-hydrogen) atoms. The zero-order valence-corrected chi connectivity index (χ0v) is 11.1. The monoisotopic (exact) mass is 252 g/mol. The molecule has 0 radical (unpaired) electrons. The first-order valence-corrected chi connectivity index (χ1v) is 6.15. The van der Waals surface area contributed by atoms with Crippen LogP contribution in [-0.4, -0.2) is 11.1 Å². The maximum Gasteiger partial charge on any atom is 0.328 e. The van der Waals surface area contributed by atoms with Gasteiger partial charge < -0.3 is 5.11 Å². The molecule has 2 aromatic rings. The molecule has 2 rings (SSSR count). The predicted molar refractivity (Wildman–Crippen MR) is 77.9 cm³/mol. The highest BCUT2D eigenvalue weighted by Gasteiger charge is 2.02. The van der Waals surface area contributed by atoms with Gasteiger partial charge in [0.05, 0.1) is 0 Å².